The lowest BCUT2D eigenvalue weighted by Crippen LogP contribution is -2.45. The second-order valence-corrected chi connectivity index (χ2v) is 10.4. The minimum atomic E-state index is -3.62. The predicted molar refractivity (Wildman–Crippen MR) is 119 cm³/mol. The van der Waals surface area contributed by atoms with Crippen molar-refractivity contribution in [2.75, 3.05) is 52.5 Å². The van der Waals surface area contributed by atoms with Crippen molar-refractivity contribution in [3.8, 4) is 0 Å². The molecule has 3 heterocycles. The van der Waals surface area contributed by atoms with E-state index in [1.807, 2.05) is 29.9 Å². The van der Waals surface area contributed by atoms with Gasteiger partial charge in [0.15, 0.2) is 0 Å². The molecule has 1 aromatic heterocycles. The molecular weight excluding hydrogens is 416 g/mol. The number of benzene rings is 1. The van der Waals surface area contributed by atoms with Crippen LogP contribution in [0.1, 0.15) is 19.3 Å². The zero-order valence-electron chi connectivity index (χ0n) is 18.1. The minimum Gasteiger partial charge on any atom is -0.379 e. The highest BCUT2D eigenvalue weighted by Gasteiger charge is 2.33. The quantitative estimate of drug-likeness (QED) is 0.648. The van der Waals surface area contributed by atoms with Gasteiger partial charge in [-0.25, -0.2) is 8.42 Å². The molecule has 0 radical (unpaired) electrons. The summed E-state index contributed by atoms with van der Waals surface area (Å²) in [5.41, 5.74) is 0.993. The zero-order chi connectivity index (χ0) is 21.8. The Morgan fingerprint density at radius 2 is 2.00 bits per heavy atom. The first-order valence-electron chi connectivity index (χ1n) is 11.1. The van der Waals surface area contributed by atoms with E-state index in [9.17, 15) is 13.2 Å². The molecule has 0 unspecified atom stereocenters. The van der Waals surface area contributed by atoms with Crippen LogP contribution >= 0.6 is 0 Å². The molecule has 2 aromatic rings. The average Bonchev–Trinajstić information content (AvgIpc) is 3.17. The normalized spacial score (nSPS) is 21.4. The van der Waals surface area contributed by atoms with E-state index in [0.717, 1.165) is 56.6 Å². The first-order chi connectivity index (χ1) is 14.9. The van der Waals surface area contributed by atoms with Gasteiger partial charge in [-0.1, -0.05) is 0 Å². The van der Waals surface area contributed by atoms with E-state index in [4.69, 9.17) is 4.74 Å². The number of aryl methyl sites for hydroxylation is 1. The summed E-state index contributed by atoms with van der Waals surface area (Å²) in [7, 11) is -1.69. The molecule has 2 aliphatic rings. The van der Waals surface area contributed by atoms with Crippen molar-refractivity contribution in [3.63, 3.8) is 0 Å². The van der Waals surface area contributed by atoms with E-state index in [1.54, 1.807) is 12.1 Å². The molecule has 1 N–H and O–H groups in total. The van der Waals surface area contributed by atoms with Crippen molar-refractivity contribution < 1.29 is 17.9 Å². The molecule has 8 nitrogen and oxygen atoms in total. The van der Waals surface area contributed by atoms with E-state index >= 15 is 0 Å². The summed E-state index contributed by atoms with van der Waals surface area (Å²) >= 11 is 0. The molecule has 2 aliphatic heterocycles. The Morgan fingerprint density at radius 3 is 2.81 bits per heavy atom. The molecule has 0 aliphatic carbocycles. The predicted octanol–water partition coefficient (Wildman–Crippen LogP) is 1.42. The average molecular weight is 449 g/mol. The monoisotopic (exact) mass is 448 g/mol. The highest BCUT2D eigenvalue weighted by atomic mass is 32.2. The van der Waals surface area contributed by atoms with Gasteiger partial charge in [-0.15, -0.1) is 0 Å². The summed E-state index contributed by atoms with van der Waals surface area (Å²) in [6.07, 6.45) is 4.22. The van der Waals surface area contributed by atoms with Crippen LogP contribution in [0.5, 0.6) is 0 Å². The molecule has 1 atom stereocenters. The highest BCUT2D eigenvalue weighted by Crippen LogP contribution is 2.26. The standard InChI is InChI=1S/C22H32N4O4S/c1-24-11-7-18-16-20(5-6-21(18)24)31(28,29)26-10-2-4-19(17-26)22(27)23-8-3-9-25-12-14-30-15-13-25/h5-7,11,16,19H,2-4,8-10,12-15,17H2,1H3,(H,23,27)/t19-/m1/s1. The molecule has 0 spiro atoms. The number of hydrogen-bond donors (Lipinski definition) is 1. The van der Waals surface area contributed by atoms with Crippen molar-refractivity contribution >= 4 is 26.8 Å². The van der Waals surface area contributed by atoms with Crippen LogP contribution in [0.25, 0.3) is 10.9 Å². The lowest BCUT2D eigenvalue weighted by molar-refractivity contribution is -0.126. The van der Waals surface area contributed by atoms with Gasteiger partial charge >= 0.3 is 0 Å². The molecule has 9 heteroatoms. The summed E-state index contributed by atoms with van der Waals surface area (Å²) in [5, 5.41) is 3.91. The van der Waals surface area contributed by atoms with Gasteiger partial charge in [-0.05, 0) is 50.1 Å². The van der Waals surface area contributed by atoms with Gasteiger partial charge in [-0.3, -0.25) is 9.69 Å². The molecule has 1 amide bonds. The number of nitrogens with one attached hydrogen (secondary N) is 1. The number of carbonyl (C=O) groups excluding carboxylic acids is 1. The van der Waals surface area contributed by atoms with Crippen LogP contribution in [0.3, 0.4) is 0 Å². The fourth-order valence-electron chi connectivity index (χ4n) is 4.43. The molecule has 2 fully saturated rings. The fourth-order valence-corrected chi connectivity index (χ4v) is 5.99. The molecular formula is C22H32N4O4S. The number of carbonyl (C=O) groups is 1. The third-order valence-corrected chi connectivity index (χ3v) is 8.16. The van der Waals surface area contributed by atoms with Crippen molar-refractivity contribution in [1.29, 1.82) is 0 Å². The number of rotatable bonds is 7. The molecule has 0 bridgehead atoms. The van der Waals surface area contributed by atoms with Gasteiger partial charge in [0.2, 0.25) is 15.9 Å². The molecule has 2 saturated heterocycles. The number of fused-ring (bicyclic) bond motifs is 1. The maximum Gasteiger partial charge on any atom is 0.243 e. The first-order valence-corrected chi connectivity index (χ1v) is 12.5. The van der Waals surface area contributed by atoms with E-state index in [-0.39, 0.29) is 23.3 Å². The molecule has 1 aromatic carbocycles. The van der Waals surface area contributed by atoms with E-state index in [0.29, 0.717) is 19.5 Å². The Kier molecular flexibility index (Phi) is 6.95. The third kappa shape index (κ3) is 5.11. The highest BCUT2D eigenvalue weighted by molar-refractivity contribution is 7.89. The van der Waals surface area contributed by atoms with E-state index in [2.05, 4.69) is 10.2 Å². The number of sulfonamides is 1. The fraction of sp³-hybridized carbons (Fsp3) is 0.591. The first kappa shape index (κ1) is 22.3. The van der Waals surface area contributed by atoms with Gasteiger partial charge in [0.05, 0.1) is 24.0 Å². The zero-order valence-corrected chi connectivity index (χ0v) is 18.9. The van der Waals surface area contributed by atoms with Crippen LogP contribution < -0.4 is 5.32 Å². The van der Waals surface area contributed by atoms with Crippen LogP contribution in [-0.2, 0) is 26.6 Å². The smallest absolute Gasteiger partial charge is 0.243 e. The topological polar surface area (TPSA) is 83.9 Å². The molecule has 4 rings (SSSR count). The third-order valence-electron chi connectivity index (χ3n) is 6.30. The van der Waals surface area contributed by atoms with E-state index in [1.165, 1.54) is 4.31 Å². The Balaban J connectivity index is 1.32. The summed E-state index contributed by atoms with van der Waals surface area (Å²) in [5.74, 6) is -0.340. The van der Waals surface area contributed by atoms with Crippen LogP contribution in [0.4, 0.5) is 0 Å². The second-order valence-electron chi connectivity index (χ2n) is 8.45. The minimum absolute atomic E-state index is 0.0413. The number of ether oxygens (including phenoxy) is 1. The Labute approximate surface area is 184 Å². The van der Waals surface area contributed by atoms with Gasteiger partial charge < -0.3 is 14.6 Å². The Hall–Kier alpha value is -1.94. The largest absolute Gasteiger partial charge is 0.379 e. The maximum atomic E-state index is 13.2. The summed E-state index contributed by atoms with van der Waals surface area (Å²) < 4.78 is 35.2. The van der Waals surface area contributed by atoms with Gasteiger partial charge in [-0.2, -0.15) is 4.31 Å². The van der Waals surface area contributed by atoms with Gasteiger partial charge in [0.25, 0.3) is 0 Å². The van der Waals surface area contributed by atoms with Crippen LogP contribution in [0.2, 0.25) is 0 Å². The van der Waals surface area contributed by atoms with Crippen molar-refractivity contribution in [2.45, 2.75) is 24.2 Å². The van der Waals surface area contributed by atoms with Crippen molar-refractivity contribution in [2.24, 2.45) is 13.0 Å². The van der Waals surface area contributed by atoms with Crippen LogP contribution in [0.15, 0.2) is 35.4 Å². The number of piperidine rings is 1. The molecule has 31 heavy (non-hydrogen) atoms. The summed E-state index contributed by atoms with van der Waals surface area (Å²) in [4.78, 5) is 15.3. The summed E-state index contributed by atoms with van der Waals surface area (Å²) in [6.45, 7) is 5.68. The van der Waals surface area contributed by atoms with Crippen molar-refractivity contribution in [1.82, 2.24) is 19.1 Å². The lowest BCUT2D eigenvalue weighted by atomic mass is 9.99. The van der Waals surface area contributed by atoms with E-state index < -0.39 is 10.0 Å². The van der Waals surface area contributed by atoms with Gasteiger partial charge in [0.1, 0.15) is 0 Å². The summed E-state index contributed by atoms with van der Waals surface area (Å²) in [6, 6.07) is 7.13. The number of hydrogen-bond acceptors (Lipinski definition) is 5. The lowest BCUT2D eigenvalue weighted by Gasteiger charge is -2.31. The number of aromatic nitrogens is 1. The van der Waals surface area contributed by atoms with Crippen LogP contribution in [0, 0.1) is 5.92 Å². The van der Waals surface area contributed by atoms with Gasteiger partial charge in [0, 0.05) is 56.9 Å². The van der Waals surface area contributed by atoms with Crippen molar-refractivity contribution in [3.05, 3.63) is 30.5 Å². The maximum absolute atomic E-state index is 13.2. The molecule has 0 saturated carbocycles. The number of nitrogens with zero attached hydrogens (tertiary/aromatic N) is 3. The molecule has 170 valence electrons. The number of amides is 1. The Morgan fingerprint density at radius 1 is 1.19 bits per heavy atom. The van der Waals surface area contributed by atoms with Crippen LogP contribution in [-0.4, -0.2) is 80.6 Å². The Bertz CT molecular complexity index is 1010. The second kappa shape index (κ2) is 9.68. The SMILES string of the molecule is Cn1ccc2cc(S(=O)(=O)N3CCC[C@@H](C(=O)NCCCN4CCOCC4)C3)ccc21. The number of morpholine rings is 1.